The average molecular weight is 261 g/mol. The standard InChI is InChI=1S/C10H6F3NO4/c1-5(16)7-3-8(10(11,12)13)6(4-15)2-9(7)14(17)18/h2-4H,1H3. The molecule has 0 aliphatic heterocycles. The van der Waals surface area contributed by atoms with E-state index in [0.29, 0.717) is 12.1 Å². The second-order valence-electron chi connectivity index (χ2n) is 3.39. The van der Waals surface area contributed by atoms with Gasteiger partial charge in [-0.15, -0.1) is 0 Å². The highest BCUT2D eigenvalue weighted by Crippen LogP contribution is 2.35. The third-order valence-corrected chi connectivity index (χ3v) is 2.18. The first-order chi connectivity index (χ1) is 8.18. The Kier molecular flexibility index (Phi) is 3.49. The number of nitro benzene ring substituents is 1. The molecule has 0 aliphatic carbocycles. The Morgan fingerprint density at radius 1 is 1.39 bits per heavy atom. The monoisotopic (exact) mass is 261 g/mol. The predicted molar refractivity (Wildman–Crippen MR) is 53.5 cm³/mol. The van der Waals surface area contributed by atoms with Gasteiger partial charge >= 0.3 is 6.18 Å². The van der Waals surface area contributed by atoms with Crippen molar-refractivity contribution >= 4 is 17.8 Å². The van der Waals surface area contributed by atoms with Gasteiger partial charge in [-0.25, -0.2) is 0 Å². The van der Waals surface area contributed by atoms with E-state index in [1.54, 1.807) is 0 Å². The number of nitro groups is 1. The van der Waals surface area contributed by atoms with Gasteiger partial charge in [0.15, 0.2) is 12.1 Å². The van der Waals surface area contributed by atoms with Gasteiger partial charge < -0.3 is 0 Å². The third kappa shape index (κ3) is 2.53. The summed E-state index contributed by atoms with van der Waals surface area (Å²) in [4.78, 5) is 31.2. The van der Waals surface area contributed by atoms with Gasteiger partial charge in [-0.05, 0) is 13.0 Å². The molecule has 0 spiro atoms. The minimum atomic E-state index is -4.87. The molecule has 0 saturated heterocycles. The van der Waals surface area contributed by atoms with Crippen molar-refractivity contribution in [3.8, 4) is 0 Å². The fraction of sp³-hybridized carbons (Fsp3) is 0.200. The molecule has 0 heterocycles. The van der Waals surface area contributed by atoms with E-state index in [1.165, 1.54) is 0 Å². The lowest BCUT2D eigenvalue weighted by molar-refractivity contribution is -0.385. The summed E-state index contributed by atoms with van der Waals surface area (Å²) in [6, 6.07) is 0.775. The van der Waals surface area contributed by atoms with Crippen molar-refractivity contribution in [2.75, 3.05) is 0 Å². The number of benzene rings is 1. The van der Waals surface area contributed by atoms with Crippen molar-refractivity contribution in [3.63, 3.8) is 0 Å². The lowest BCUT2D eigenvalue weighted by Crippen LogP contribution is -2.12. The summed E-state index contributed by atoms with van der Waals surface area (Å²) in [5.74, 6) is -0.885. The molecule has 0 atom stereocenters. The summed E-state index contributed by atoms with van der Waals surface area (Å²) < 4.78 is 37.7. The van der Waals surface area contributed by atoms with Gasteiger partial charge in [-0.3, -0.25) is 19.7 Å². The van der Waals surface area contributed by atoms with Crippen LogP contribution in [0.3, 0.4) is 0 Å². The number of nitrogens with zero attached hydrogens (tertiary/aromatic N) is 1. The van der Waals surface area contributed by atoms with Gasteiger partial charge in [0.25, 0.3) is 5.69 Å². The Hall–Kier alpha value is -2.25. The van der Waals surface area contributed by atoms with E-state index in [2.05, 4.69) is 0 Å². The summed E-state index contributed by atoms with van der Waals surface area (Å²) in [6.07, 6.45) is -5.00. The van der Waals surface area contributed by atoms with Gasteiger partial charge in [0.2, 0.25) is 0 Å². The van der Waals surface area contributed by atoms with E-state index in [0.717, 1.165) is 6.92 Å². The molecular weight excluding hydrogens is 255 g/mol. The van der Waals surface area contributed by atoms with Crippen LogP contribution in [0.2, 0.25) is 0 Å². The molecule has 1 aromatic carbocycles. The Morgan fingerprint density at radius 2 is 1.94 bits per heavy atom. The van der Waals surface area contributed by atoms with Crippen LogP contribution in [0.1, 0.15) is 33.2 Å². The van der Waals surface area contributed by atoms with Gasteiger partial charge in [-0.1, -0.05) is 0 Å². The molecule has 1 aromatic rings. The van der Waals surface area contributed by atoms with Crippen LogP contribution in [0.5, 0.6) is 0 Å². The molecule has 0 bridgehead atoms. The van der Waals surface area contributed by atoms with Crippen molar-refractivity contribution in [1.29, 1.82) is 0 Å². The second-order valence-corrected chi connectivity index (χ2v) is 3.39. The van der Waals surface area contributed by atoms with Crippen LogP contribution in [-0.4, -0.2) is 17.0 Å². The topological polar surface area (TPSA) is 77.3 Å². The van der Waals surface area contributed by atoms with E-state index in [1.807, 2.05) is 0 Å². The molecule has 1 rings (SSSR count). The molecule has 0 radical (unpaired) electrons. The van der Waals surface area contributed by atoms with Crippen LogP contribution in [-0.2, 0) is 6.18 Å². The number of carbonyl (C=O) groups excluding carboxylic acids is 2. The van der Waals surface area contributed by atoms with Crippen molar-refractivity contribution in [3.05, 3.63) is 38.9 Å². The Labute approximate surface area is 98.4 Å². The van der Waals surface area contributed by atoms with Crippen LogP contribution in [0, 0.1) is 10.1 Å². The van der Waals surface area contributed by atoms with Crippen molar-refractivity contribution in [2.24, 2.45) is 0 Å². The molecule has 0 amide bonds. The fourth-order valence-corrected chi connectivity index (χ4v) is 1.38. The van der Waals surface area contributed by atoms with E-state index in [4.69, 9.17) is 0 Å². The number of hydrogen-bond acceptors (Lipinski definition) is 4. The van der Waals surface area contributed by atoms with Gasteiger partial charge in [0, 0.05) is 11.6 Å². The SMILES string of the molecule is CC(=O)c1cc(C(F)(F)F)c(C=O)cc1[N+](=O)[O-]. The van der Waals surface area contributed by atoms with Gasteiger partial charge in [0.05, 0.1) is 16.1 Å². The number of Topliss-reactive ketones (excluding diaryl/α,β-unsaturated/α-hetero) is 1. The summed E-state index contributed by atoms with van der Waals surface area (Å²) in [7, 11) is 0. The zero-order valence-electron chi connectivity index (χ0n) is 8.95. The molecule has 0 aliphatic rings. The normalized spacial score (nSPS) is 11.1. The van der Waals surface area contributed by atoms with E-state index < -0.39 is 39.3 Å². The minimum absolute atomic E-state index is 0.139. The highest BCUT2D eigenvalue weighted by Gasteiger charge is 2.36. The van der Waals surface area contributed by atoms with Crippen molar-refractivity contribution < 1.29 is 27.7 Å². The summed E-state index contributed by atoms with van der Waals surface area (Å²) in [5, 5.41) is 10.6. The van der Waals surface area contributed by atoms with E-state index in [9.17, 15) is 32.9 Å². The van der Waals surface area contributed by atoms with E-state index >= 15 is 0 Å². The second kappa shape index (κ2) is 4.55. The number of hydrogen-bond donors (Lipinski definition) is 0. The van der Waals surface area contributed by atoms with E-state index in [-0.39, 0.29) is 6.29 Å². The quantitative estimate of drug-likeness (QED) is 0.362. The third-order valence-electron chi connectivity index (χ3n) is 2.18. The number of rotatable bonds is 3. The summed E-state index contributed by atoms with van der Waals surface area (Å²) in [5.41, 5.74) is -3.75. The molecular formula is C10H6F3NO4. The maximum atomic E-state index is 12.6. The number of carbonyl (C=O) groups is 2. The number of aldehydes is 1. The average Bonchev–Trinajstić information content (AvgIpc) is 2.25. The number of halogens is 3. The number of alkyl halides is 3. The van der Waals surface area contributed by atoms with Crippen molar-refractivity contribution in [2.45, 2.75) is 13.1 Å². The molecule has 0 unspecified atom stereocenters. The maximum absolute atomic E-state index is 12.6. The van der Waals surface area contributed by atoms with Crippen LogP contribution in [0.15, 0.2) is 12.1 Å². The zero-order valence-corrected chi connectivity index (χ0v) is 8.95. The molecule has 8 heteroatoms. The molecule has 96 valence electrons. The lowest BCUT2D eigenvalue weighted by atomic mass is 10.00. The van der Waals surface area contributed by atoms with Crippen molar-refractivity contribution in [1.82, 2.24) is 0 Å². The summed E-state index contributed by atoms with van der Waals surface area (Å²) >= 11 is 0. The lowest BCUT2D eigenvalue weighted by Gasteiger charge is -2.10. The largest absolute Gasteiger partial charge is 0.417 e. The molecule has 18 heavy (non-hydrogen) atoms. The number of ketones is 1. The van der Waals surface area contributed by atoms with Gasteiger partial charge in [0.1, 0.15) is 0 Å². The highest BCUT2D eigenvalue weighted by molar-refractivity contribution is 5.99. The molecule has 5 nitrogen and oxygen atoms in total. The minimum Gasteiger partial charge on any atom is -0.298 e. The van der Waals surface area contributed by atoms with Crippen LogP contribution in [0.4, 0.5) is 18.9 Å². The predicted octanol–water partition coefficient (Wildman–Crippen LogP) is 2.63. The molecule has 0 N–H and O–H groups in total. The smallest absolute Gasteiger partial charge is 0.298 e. The highest BCUT2D eigenvalue weighted by atomic mass is 19.4. The Balaban J connectivity index is 3.67. The van der Waals surface area contributed by atoms with Crippen LogP contribution in [0.25, 0.3) is 0 Å². The Bertz CT molecular complexity index is 537. The first-order valence-electron chi connectivity index (χ1n) is 4.54. The zero-order chi connectivity index (χ0) is 14.1. The summed E-state index contributed by atoms with van der Waals surface area (Å²) in [6.45, 7) is 0.906. The first-order valence-corrected chi connectivity index (χ1v) is 4.54. The molecule has 0 fully saturated rings. The maximum Gasteiger partial charge on any atom is 0.417 e. The Morgan fingerprint density at radius 3 is 2.28 bits per heavy atom. The van der Waals surface area contributed by atoms with Gasteiger partial charge in [-0.2, -0.15) is 13.2 Å². The first kappa shape index (κ1) is 13.8. The fourth-order valence-electron chi connectivity index (χ4n) is 1.38. The van der Waals surface area contributed by atoms with Crippen LogP contribution >= 0.6 is 0 Å². The molecule has 0 saturated carbocycles. The molecule has 0 aromatic heterocycles. The van der Waals surface area contributed by atoms with Crippen LogP contribution < -0.4 is 0 Å².